The van der Waals surface area contributed by atoms with Crippen molar-refractivity contribution in [3.05, 3.63) is 76.8 Å². The highest BCUT2D eigenvalue weighted by molar-refractivity contribution is 5.51. The first-order chi connectivity index (χ1) is 14.7. The van der Waals surface area contributed by atoms with Crippen molar-refractivity contribution in [1.29, 1.82) is 0 Å². The van der Waals surface area contributed by atoms with E-state index in [2.05, 4.69) is 39.5 Å². The van der Waals surface area contributed by atoms with Crippen LogP contribution in [0.3, 0.4) is 0 Å². The average molecular weight is 403 g/mol. The summed E-state index contributed by atoms with van der Waals surface area (Å²) in [5.74, 6) is 1.80. The molecule has 4 aromatic rings. The van der Waals surface area contributed by atoms with Crippen molar-refractivity contribution in [3.8, 4) is 17.3 Å². The lowest BCUT2D eigenvalue weighted by Gasteiger charge is -2.24. The summed E-state index contributed by atoms with van der Waals surface area (Å²) in [6.45, 7) is 3.01. The second-order valence-electron chi connectivity index (χ2n) is 7.32. The minimum Gasteiger partial charge on any atom is -0.497 e. The van der Waals surface area contributed by atoms with Crippen LogP contribution in [-0.2, 0) is 24.3 Å². The van der Waals surface area contributed by atoms with Crippen LogP contribution in [0.15, 0.2) is 53.1 Å². The van der Waals surface area contributed by atoms with Crippen LogP contribution in [0.1, 0.15) is 34.4 Å². The smallest absolute Gasteiger partial charge is 0.231 e. The fourth-order valence-electron chi connectivity index (χ4n) is 3.63. The lowest BCUT2D eigenvalue weighted by molar-refractivity contribution is -0.00114. The molecule has 5 rings (SSSR count). The van der Waals surface area contributed by atoms with Gasteiger partial charge in [-0.2, -0.15) is 4.98 Å². The van der Waals surface area contributed by atoms with Crippen LogP contribution in [0.4, 0.5) is 0 Å². The third-order valence-corrected chi connectivity index (χ3v) is 5.20. The van der Waals surface area contributed by atoms with Crippen molar-refractivity contribution in [1.82, 2.24) is 25.1 Å². The lowest BCUT2D eigenvalue weighted by atomic mass is 10.1. The first-order valence-electron chi connectivity index (χ1n) is 9.76. The summed E-state index contributed by atoms with van der Waals surface area (Å²) in [6, 6.07) is 16.1. The fourth-order valence-corrected chi connectivity index (χ4v) is 3.63. The Morgan fingerprint density at radius 1 is 1.17 bits per heavy atom. The van der Waals surface area contributed by atoms with Gasteiger partial charge in [-0.25, -0.2) is 4.68 Å². The number of nitrogens with zero attached hydrogens (tertiary/aromatic N) is 5. The van der Waals surface area contributed by atoms with E-state index in [4.69, 9.17) is 14.0 Å². The first kappa shape index (κ1) is 18.5. The zero-order chi connectivity index (χ0) is 20.5. The molecule has 2 aromatic heterocycles. The summed E-state index contributed by atoms with van der Waals surface area (Å²) in [5.41, 5.74) is 4.84. The average Bonchev–Trinajstić information content (AvgIpc) is 3.40. The number of ether oxygens (including phenoxy) is 2. The standard InChI is InChI=1S/C22H21N5O3/c1-14-4-3-5-15(10-14)11-20-23-22(25-30-20)21-18-13-29-19(12-27(18)26-24-21)16-6-8-17(28-2)9-7-16/h3-10,19H,11-13H2,1-2H3. The SMILES string of the molecule is COc1ccc(C2Cn3nnc(-c4noc(Cc5cccc(C)c5)n4)c3CO2)cc1. The maximum Gasteiger partial charge on any atom is 0.231 e. The number of fused-ring (bicyclic) bond motifs is 1. The summed E-state index contributed by atoms with van der Waals surface area (Å²) in [7, 11) is 1.65. The molecule has 1 unspecified atom stereocenters. The zero-order valence-corrected chi connectivity index (χ0v) is 16.8. The van der Waals surface area contributed by atoms with E-state index >= 15 is 0 Å². The predicted molar refractivity (Wildman–Crippen MR) is 108 cm³/mol. The molecule has 0 radical (unpaired) electrons. The van der Waals surface area contributed by atoms with Gasteiger partial charge in [-0.05, 0) is 30.2 Å². The number of aryl methyl sites for hydroxylation is 1. The molecule has 8 heteroatoms. The molecular formula is C22H21N5O3. The number of hydrogen-bond donors (Lipinski definition) is 0. The number of hydrogen-bond acceptors (Lipinski definition) is 7. The number of aromatic nitrogens is 5. The largest absolute Gasteiger partial charge is 0.497 e. The molecule has 0 amide bonds. The molecule has 0 N–H and O–H groups in total. The first-order valence-corrected chi connectivity index (χ1v) is 9.76. The molecule has 1 aliphatic rings. The molecule has 2 aromatic carbocycles. The second-order valence-corrected chi connectivity index (χ2v) is 7.32. The van der Waals surface area contributed by atoms with Gasteiger partial charge in [0.05, 0.1) is 32.4 Å². The molecule has 0 spiro atoms. The third-order valence-electron chi connectivity index (χ3n) is 5.20. The highest BCUT2D eigenvalue weighted by Gasteiger charge is 2.27. The van der Waals surface area contributed by atoms with Gasteiger partial charge in [-0.3, -0.25) is 0 Å². The van der Waals surface area contributed by atoms with Gasteiger partial charge in [0.2, 0.25) is 11.7 Å². The maximum absolute atomic E-state index is 6.07. The van der Waals surface area contributed by atoms with E-state index in [1.165, 1.54) is 5.56 Å². The van der Waals surface area contributed by atoms with Gasteiger partial charge in [-0.15, -0.1) is 5.10 Å². The minimum atomic E-state index is -0.0971. The highest BCUT2D eigenvalue weighted by atomic mass is 16.5. The molecule has 0 bridgehead atoms. The van der Waals surface area contributed by atoms with Gasteiger partial charge in [0.25, 0.3) is 0 Å². The van der Waals surface area contributed by atoms with Crippen LogP contribution in [0.25, 0.3) is 11.5 Å². The number of rotatable bonds is 5. The molecule has 0 aliphatic carbocycles. The van der Waals surface area contributed by atoms with E-state index in [1.807, 2.05) is 41.1 Å². The van der Waals surface area contributed by atoms with E-state index in [-0.39, 0.29) is 6.10 Å². The van der Waals surface area contributed by atoms with Crippen LogP contribution < -0.4 is 4.74 Å². The van der Waals surface area contributed by atoms with Crippen molar-refractivity contribution >= 4 is 0 Å². The quantitative estimate of drug-likeness (QED) is 0.504. The van der Waals surface area contributed by atoms with Gasteiger partial charge in [0.1, 0.15) is 11.9 Å². The van der Waals surface area contributed by atoms with Gasteiger partial charge >= 0.3 is 0 Å². The molecule has 0 saturated carbocycles. The molecule has 1 aliphatic heterocycles. The Labute approximate surface area is 173 Å². The zero-order valence-electron chi connectivity index (χ0n) is 16.8. The van der Waals surface area contributed by atoms with E-state index in [0.717, 1.165) is 22.6 Å². The van der Waals surface area contributed by atoms with Crippen LogP contribution >= 0.6 is 0 Å². The van der Waals surface area contributed by atoms with Crippen molar-refractivity contribution in [3.63, 3.8) is 0 Å². The lowest BCUT2D eigenvalue weighted by Crippen LogP contribution is -2.22. The van der Waals surface area contributed by atoms with E-state index in [0.29, 0.717) is 37.0 Å². The molecule has 152 valence electrons. The maximum atomic E-state index is 6.07. The van der Waals surface area contributed by atoms with Crippen molar-refractivity contribution in [2.75, 3.05) is 7.11 Å². The normalized spacial score (nSPS) is 15.7. The van der Waals surface area contributed by atoms with E-state index < -0.39 is 0 Å². The molecule has 8 nitrogen and oxygen atoms in total. The van der Waals surface area contributed by atoms with Crippen molar-refractivity contribution < 1.29 is 14.0 Å². The van der Waals surface area contributed by atoms with Crippen LogP contribution in [-0.4, -0.2) is 32.2 Å². The Balaban J connectivity index is 1.33. The van der Waals surface area contributed by atoms with Crippen LogP contribution in [0.5, 0.6) is 5.75 Å². The van der Waals surface area contributed by atoms with Crippen molar-refractivity contribution in [2.45, 2.75) is 32.6 Å². The number of benzene rings is 2. The molecule has 1 atom stereocenters. The van der Waals surface area contributed by atoms with Crippen LogP contribution in [0, 0.1) is 6.92 Å². The van der Waals surface area contributed by atoms with Crippen molar-refractivity contribution in [2.24, 2.45) is 0 Å². The summed E-state index contributed by atoms with van der Waals surface area (Å²) in [6.07, 6.45) is 0.480. The minimum absolute atomic E-state index is 0.0971. The molecule has 0 fully saturated rings. The molecule has 0 saturated heterocycles. The van der Waals surface area contributed by atoms with E-state index in [9.17, 15) is 0 Å². The number of methoxy groups -OCH3 is 1. The fraction of sp³-hybridized carbons (Fsp3) is 0.273. The monoisotopic (exact) mass is 403 g/mol. The second kappa shape index (κ2) is 7.72. The summed E-state index contributed by atoms with van der Waals surface area (Å²) in [5, 5.41) is 12.7. The van der Waals surface area contributed by atoms with Gasteiger partial charge < -0.3 is 14.0 Å². The summed E-state index contributed by atoms with van der Waals surface area (Å²) in [4.78, 5) is 4.52. The predicted octanol–water partition coefficient (Wildman–Crippen LogP) is 3.51. The summed E-state index contributed by atoms with van der Waals surface area (Å²) >= 11 is 0. The Bertz CT molecular complexity index is 1170. The summed E-state index contributed by atoms with van der Waals surface area (Å²) < 4.78 is 18.6. The van der Waals surface area contributed by atoms with Gasteiger partial charge in [0, 0.05) is 0 Å². The molecule has 30 heavy (non-hydrogen) atoms. The van der Waals surface area contributed by atoms with Gasteiger partial charge in [0.15, 0.2) is 5.69 Å². The highest BCUT2D eigenvalue weighted by Crippen LogP contribution is 2.30. The Hall–Kier alpha value is -3.52. The Morgan fingerprint density at radius 2 is 2.03 bits per heavy atom. The molecule has 3 heterocycles. The van der Waals surface area contributed by atoms with Crippen LogP contribution in [0.2, 0.25) is 0 Å². The molecular weight excluding hydrogens is 382 g/mol. The van der Waals surface area contributed by atoms with E-state index in [1.54, 1.807) is 7.11 Å². The Kier molecular flexibility index (Phi) is 4.76. The Morgan fingerprint density at radius 3 is 2.83 bits per heavy atom. The van der Waals surface area contributed by atoms with Gasteiger partial charge in [-0.1, -0.05) is 52.3 Å². The topological polar surface area (TPSA) is 88.1 Å². The third kappa shape index (κ3) is 3.57.